The molecule has 3 aromatic carbocycles. The van der Waals surface area contributed by atoms with Gasteiger partial charge in [0.25, 0.3) is 11.6 Å². The zero-order valence-corrected chi connectivity index (χ0v) is 20.0. The quantitative estimate of drug-likeness (QED) is 0.188. The number of hydrogen-bond acceptors (Lipinski definition) is 6. The smallest absolute Gasteiger partial charge is 0.296 e. The van der Waals surface area contributed by atoms with Gasteiger partial charge in [0.1, 0.15) is 11.4 Å². The van der Waals surface area contributed by atoms with Gasteiger partial charge in [-0.15, -0.1) is 0 Å². The fourth-order valence-electron chi connectivity index (χ4n) is 3.48. The average Bonchev–Trinajstić information content (AvgIpc) is 2.84. The van der Waals surface area contributed by atoms with Gasteiger partial charge in [0.05, 0.1) is 34.4 Å². The molecule has 0 saturated heterocycles. The Hall–Kier alpha value is -4.08. The monoisotopic (exact) mass is 506 g/mol. The Morgan fingerprint density at radius 1 is 1.11 bits per heavy atom. The molecule has 4 aromatic rings. The average molecular weight is 507 g/mol. The maximum atomic E-state index is 13.2. The van der Waals surface area contributed by atoms with Crippen molar-refractivity contribution in [3.05, 3.63) is 93.5 Å². The molecule has 4 rings (SSSR count). The van der Waals surface area contributed by atoms with Gasteiger partial charge in [-0.1, -0.05) is 41.9 Å². The van der Waals surface area contributed by atoms with Crippen LogP contribution in [0.25, 0.3) is 22.2 Å². The molecule has 0 aliphatic carbocycles. The van der Waals surface area contributed by atoms with Crippen LogP contribution in [0.5, 0.6) is 5.75 Å². The number of ether oxygens (including phenoxy) is 1. The number of anilines is 1. The number of para-hydroxylation sites is 1. The lowest BCUT2D eigenvalue weighted by molar-refractivity contribution is -0.384. The number of nitro benzene ring substituents is 1. The molecule has 0 atom stereocenters. The summed E-state index contributed by atoms with van der Waals surface area (Å²) in [5.74, 6) is -0.123. The van der Waals surface area contributed by atoms with E-state index in [4.69, 9.17) is 28.6 Å². The number of carbonyl (C=O) groups excluding carboxylic acids is 1. The molecule has 0 bridgehead atoms. The Labute approximate surface area is 211 Å². The number of benzene rings is 3. The molecule has 10 heteroatoms. The largest absolute Gasteiger partial charge is 0.494 e. The van der Waals surface area contributed by atoms with Crippen LogP contribution in [-0.4, -0.2) is 27.5 Å². The SMILES string of the molecule is CCOc1ccc(NC(=S)NC(=O)c2cc(-c3ccc(Cl)cc3)nc3ccccc23)c([N+](=O)[O-])c1. The third-order valence-corrected chi connectivity index (χ3v) is 5.51. The summed E-state index contributed by atoms with van der Waals surface area (Å²) >= 11 is 11.3. The van der Waals surface area contributed by atoms with Crippen molar-refractivity contribution >= 4 is 57.1 Å². The van der Waals surface area contributed by atoms with Crippen LogP contribution in [0.3, 0.4) is 0 Å². The molecule has 0 spiro atoms. The summed E-state index contributed by atoms with van der Waals surface area (Å²) in [7, 11) is 0. The molecule has 1 amide bonds. The molecule has 0 aliphatic heterocycles. The highest BCUT2D eigenvalue weighted by Gasteiger charge is 2.19. The van der Waals surface area contributed by atoms with Crippen molar-refractivity contribution < 1.29 is 14.5 Å². The number of fused-ring (bicyclic) bond motifs is 1. The molecule has 1 heterocycles. The fraction of sp³-hybridized carbons (Fsp3) is 0.0800. The van der Waals surface area contributed by atoms with Crippen LogP contribution in [0.4, 0.5) is 11.4 Å². The Kier molecular flexibility index (Phi) is 7.19. The Morgan fingerprint density at radius 3 is 2.57 bits per heavy atom. The second kappa shape index (κ2) is 10.5. The molecule has 2 N–H and O–H groups in total. The lowest BCUT2D eigenvalue weighted by Crippen LogP contribution is -2.34. The third kappa shape index (κ3) is 5.53. The minimum atomic E-state index is -0.552. The molecule has 0 aliphatic rings. The summed E-state index contributed by atoms with van der Waals surface area (Å²) in [6, 6.07) is 20.4. The molecule has 1 aromatic heterocycles. The second-order valence-electron chi connectivity index (χ2n) is 7.36. The van der Waals surface area contributed by atoms with Gasteiger partial charge in [-0.2, -0.15) is 0 Å². The van der Waals surface area contributed by atoms with Gasteiger partial charge in [0.2, 0.25) is 0 Å². The number of rotatable bonds is 6. The summed E-state index contributed by atoms with van der Waals surface area (Å²) in [5.41, 5.74) is 2.26. The third-order valence-electron chi connectivity index (χ3n) is 5.05. The first kappa shape index (κ1) is 24.1. The maximum absolute atomic E-state index is 13.2. The molecule has 0 fully saturated rings. The second-order valence-corrected chi connectivity index (χ2v) is 8.20. The number of amides is 1. The number of nitrogens with one attached hydrogen (secondary N) is 2. The van der Waals surface area contributed by atoms with Crippen LogP contribution >= 0.6 is 23.8 Å². The van der Waals surface area contributed by atoms with Crippen LogP contribution in [-0.2, 0) is 0 Å². The van der Waals surface area contributed by atoms with Gasteiger partial charge in [-0.3, -0.25) is 20.2 Å². The number of thiocarbonyl (C=S) groups is 1. The summed E-state index contributed by atoms with van der Waals surface area (Å²) in [5, 5.41) is 18.0. The minimum Gasteiger partial charge on any atom is -0.494 e. The van der Waals surface area contributed by atoms with Crippen molar-refractivity contribution in [1.82, 2.24) is 10.3 Å². The topological polar surface area (TPSA) is 106 Å². The van der Waals surface area contributed by atoms with E-state index in [-0.39, 0.29) is 16.5 Å². The summed E-state index contributed by atoms with van der Waals surface area (Å²) < 4.78 is 5.33. The highest BCUT2D eigenvalue weighted by Crippen LogP contribution is 2.29. The fourth-order valence-corrected chi connectivity index (χ4v) is 3.81. The molecule has 0 saturated carbocycles. The first-order valence-corrected chi connectivity index (χ1v) is 11.3. The zero-order chi connectivity index (χ0) is 24.9. The first-order valence-electron chi connectivity index (χ1n) is 10.5. The molecule has 35 heavy (non-hydrogen) atoms. The minimum absolute atomic E-state index is 0.0869. The number of hydrogen-bond donors (Lipinski definition) is 2. The summed E-state index contributed by atoms with van der Waals surface area (Å²) in [6.07, 6.45) is 0. The van der Waals surface area contributed by atoms with E-state index in [0.717, 1.165) is 5.56 Å². The highest BCUT2D eigenvalue weighted by molar-refractivity contribution is 7.80. The van der Waals surface area contributed by atoms with Crippen molar-refractivity contribution in [2.45, 2.75) is 6.92 Å². The first-order chi connectivity index (χ1) is 16.9. The molecule has 8 nitrogen and oxygen atoms in total. The van der Waals surface area contributed by atoms with Crippen molar-refractivity contribution in [3.63, 3.8) is 0 Å². The normalized spacial score (nSPS) is 10.6. The summed E-state index contributed by atoms with van der Waals surface area (Å²) in [6.45, 7) is 2.15. The van der Waals surface area contributed by atoms with Gasteiger partial charge in [-0.05, 0) is 55.5 Å². The van der Waals surface area contributed by atoms with Crippen molar-refractivity contribution in [2.75, 3.05) is 11.9 Å². The van der Waals surface area contributed by atoms with Crippen LogP contribution in [0.2, 0.25) is 5.02 Å². The number of nitrogens with zero attached hydrogens (tertiary/aromatic N) is 2. The van der Waals surface area contributed by atoms with Crippen LogP contribution < -0.4 is 15.4 Å². The van der Waals surface area contributed by atoms with Crippen molar-refractivity contribution in [2.24, 2.45) is 0 Å². The van der Waals surface area contributed by atoms with E-state index >= 15 is 0 Å². The number of carbonyl (C=O) groups is 1. The number of halogens is 1. The molecular formula is C25H19ClN4O4S. The van der Waals surface area contributed by atoms with Crippen molar-refractivity contribution in [1.29, 1.82) is 0 Å². The van der Waals surface area contributed by atoms with Crippen LogP contribution in [0, 0.1) is 10.1 Å². The lowest BCUT2D eigenvalue weighted by atomic mass is 10.0. The molecule has 0 radical (unpaired) electrons. The van der Waals surface area contributed by atoms with Gasteiger partial charge < -0.3 is 10.1 Å². The number of aromatic nitrogens is 1. The maximum Gasteiger partial charge on any atom is 0.296 e. The van der Waals surface area contributed by atoms with Crippen molar-refractivity contribution in [3.8, 4) is 17.0 Å². The standard InChI is InChI=1S/C25H19ClN4O4S/c1-2-34-17-11-12-21(23(13-17)30(32)33)28-25(35)29-24(31)19-14-22(15-7-9-16(26)10-8-15)27-20-6-4-3-5-18(19)20/h3-14H,2H2,1H3,(H2,28,29,31,35). The molecular weight excluding hydrogens is 488 g/mol. The van der Waals surface area contributed by atoms with E-state index in [2.05, 4.69) is 15.6 Å². The van der Waals surface area contributed by atoms with Gasteiger partial charge in [0.15, 0.2) is 5.11 Å². The predicted octanol–water partition coefficient (Wildman–Crippen LogP) is 5.99. The van der Waals surface area contributed by atoms with E-state index in [9.17, 15) is 14.9 Å². The Bertz CT molecular complexity index is 1440. The van der Waals surface area contributed by atoms with Gasteiger partial charge >= 0.3 is 0 Å². The Morgan fingerprint density at radius 2 is 1.86 bits per heavy atom. The predicted molar refractivity (Wildman–Crippen MR) is 140 cm³/mol. The van der Waals surface area contributed by atoms with E-state index < -0.39 is 10.8 Å². The highest BCUT2D eigenvalue weighted by atomic mass is 35.5. The Balaban J connectivity index is 1.62. The van der Waals surface area contributed by atoms with E-state index in [1.165, 1.54) is 12.1 Å². The lowest BCUT2D eigenvalue weighted by Gasteiger charge is -2.13. The van der Waals surface area contributed by atoms with Crippen LogP contribution in [0.15, 0.2) is 72.8 Å². The zero-order valence-electron chi connectivity index (χ0n) is 18.4. The van der Waals surface area contributed by atoms with E-state index in [1.54, 1.807) is 37.3 Å². The number of pyridine rings is 1. The van der Waals surface area contributed by atoms with Crippen LogP contribution in [0.1, 0.15) is 17.3 Å². The summed E-state index contributed by atoms with van der Waals surface area (Å²) in [4.78, 5) is 28.8. The molecule has 176 valence electrons. The van der Waals surface area contributed by atoms with E-state index in [1.807, 2.05) is 30.3 Å². The molecule has 0 unspecified atom stereocenters. The number of nitro groups is 1. The van der Waals surface area contributed by atoms with Gasteiger partial charge in [-0.25, -0.2) is 4.98 Å². The van der Waals surface area contributed by atoms with Gasteiger partial charge in [0, 0.05) is 16.0 Å². The van der Waals surface area contributed by atoms with E-state index in [0.29, 0.717) is 39.5 Å².